The maximum atomic E-state index is 13.8. The van der Waals surface area contributed by atoms with Crippen molar-refractivity contribution in [3.63, 3.8) is 0 Å². The number of hydrogen-bond acceptors (Lipinski definition) is 5. The molecule has 0 saturated carbocycles. The quantitative estimate of drug-likeness (QED) is 0.697. The molecule has 0 aliphatic carbocycles. The average molecular weight is 351 g/mol. The average Bonchev–Trinajstić information content (AvgIpc) is 2.58. The van der Waals surface area contributed by atoms with Crippen molar-refractivity contribution < 1.29 is 4.39 Å². The summed E-state index contributed by atoms with van der Waals surface area (Å²) >= 11 is 0. The number of anilines is 3. The molecule has 0 aliphatic rings. The van der Waals surface area contributed by atoms with Gasteiger partial charge in [-0.25, -0.2) is 9.37 Å². The van der Waals surface area contributed by atoms with Crippen LogP contribution in [0, 0.1) is 12.7 Å². The van der Waals surface area contributed by atoms with Crippen LogP contribution < -0.4 is 10.6 Å². The van der Waals surface area contributed by atoms with Crippen LogP contribution in [0.25, 0.3) is 11.3 Å². The van der Waals surface area contributed by atoms with Crippen molar-refractivity contribution in [2.45, 2.75) is 33.2 Å². The Balaban J connectivity index is 2.03. The van der Waals surface area contributed by atoms with Crippen molar-refractivity contribution in [3.8, 4) is 11.3 Å². The summed E-state index contributed by atoms with van der Waals surface area (Å²) in [5, 5.41) is 6.48. The van der Waals surface area contributed by atoms with Gasteiger partial charge in [0, 0.05) is 40.8 Å². The second-order valence-electron chi connectivity index (χ2n) is 7.12. The highest BCUT2D eigenvalue weighted by molar-refractivity contribution is 5.68. The fourth-order valence-corrected chi connectivity index (χ4v) is 2.45. The Morgan fingerprint density at radius 1 is 1.04 bits per heavy atom. The van der Waals surface area contributed by atoms with Crippen LogP contribution in [0.4, 0.5) is 21.8 Å². The lowest BCUT2D eigenvalue weighted by molar-refractivity contribution is 0.619. The SMILES string of the molecule is Cc1c(F)cccc1Nc1cc(-c2cccnc2)nc(NC(C)(C)C)n1. The summed E-state index contributed by atoms with van der Waals surface area (Å²) in [5.41, 5.74) is 2.63. The first-order chi connectivity index (χ1) is 12.3. The largest absolute Gasteiger partial charge is 0.350 e. The molecular weight excluding hydrogens is 329 g/mol. The molecule has 0 amide bonds. The molecule has 0 radical (unpaired) electrons. The lowest BCUT2D eigenvalue weighted by Gasteiger charge is -2.21. The monoisotopic (exact) mass is 351 g/mol. The van der Waals surface area contributed by atoms with Crippen molar-refractivity contribution in [2.24, 2.45) is 0 Å². The molecule has 1 aromatic carbocycles. The summed E-state index contributed by atoms with van der Waals surface area (Å²) in [7, 11) is 0. The van der Waals surface area contributed by atoms with Crippen LogP contribution in [-0.4, -0.2) is 20.5 Å². The molecule has 2 N–H and O–H groups in total. The molecule has 0 bridgehead atoms. The molecule has 2 aromatic heterocycles. The second-order valence-corrected chi connectivity index (χ2v) is 7.12. The lowest BCUT2D eigenvalue weighted by atomic mass is 10.1. The highest BCUT2D eigenvalue weighted by Crippen LogP contribution is 2.26. The highest BCUT2D eigenvalue weighted by atomic mass is 19.1. The van der Waals surface area contributed by atoms with E-state index in [-0.39, 0.29) is 11.4 Å². The number of pyridine rings is 1. The van der Waals surface area contributed by atoms with E-state index < -0.39 is 0 Å². The topological polar surface area (TPSA) is 62.7 Å². The molecule has 3 rings (SSSR count). The van der Waals surface area contributed by atoms with Crippen molar-refractivity contribution in [1.82, 2.24) is 15.0 Å². The van der Waals surface area contributed by atoms with Gasteiger partial charge < -0.3 is 10.6 Å². The van der Waals surface area contributed by atoms with Crippen molar-refractivity contribution in [1.29, 1.82) is 0 Å². The first-order valence-corrected chi connectivity index (χ1v) is 8.42. The van der Waals surface area contributed by atoms with Gasteiger partial charge in [0.2, 0.25) is 5.95 Å². The Bertz CT molecular complexity index is 904. The zero-order chi connectivity index (χ0) is 18.7. The number of aromatic nitrogens is 3. The Labute approximate surface area is 152 Å². The molecule has 0 unspecified atom stereocenters. The minimum absolute atomic E-state index is 0.195. The molecule has 3 aromatic rings. The normalized spacial score (nSPS) is 11.3. The van der Waals surface area contributed by atoms with Gasteiger partial charge in [0.1, 0.15) is 11.6 Å². The molecule has 0 atom stereocenters. The van der Waals surface area contributed by atoms with Crippen LogP contribution in [0.1, 0.15) is 26.3 Å². The van der Waals surface area contributed by atoms with E-state index in [1.807, 2.05) is 45.0 Å². The molecule has 0 fully saturated rings. The molecule has 0 spiro atoms. The summed E-state index contributed by atoms with van der Waals surface area (Å²) < 4.78 is 13.8. The molecule has 0 saturated heterocycles. The van der Waals surface area contributed by atoms with E-state index in [0.717, 1.165) is 11.3 Å². The van der Waals surface area contributed by atoms with Crippen molar-refractivity contribution >= 4 is 17.5 Å². The minimum Gasteiger partial charge on any atom is -0.350 e. The van der Waals surface area contributed by atoms with Crippen LogP contribution >= 0.6 is 0 Å². The summed E-state index contributed by atoms with van der Waals surface area (Å²) in [4.78, 5) is 13.3. The van der Waals surface area contributed by atoms with E-state index in [1.54, 1.807) is 25.4 Å². The van der Waals surface area contributed by atoms with Crippen LogP contribution in [-0.2, 0) is 0 Å². The number of halogens is 1. The smallest absolute Gasteiger partial charge is 0.225 e. The van der Waals surface area contributed by atoms with E-state index in [4.69, 9.17) is 0 Å². The van der Waals surface area contributed by atoms with Crippen molar-refractivity contribution in [2.75, 3.05) is 10.6 Å². The maximum absolute atomic E-state index is 13.8. The first kappa shape index (κ1) is 17.8. The number of nitrogens with zero attached hydrogens (tertiary/aromatic N) is 3. The molecule has 6 heteroatoms. The first-order valence-electron chi connectivity index (χ1n) is 8.42. The molecular formula is C20H22FN5. The summed E-state index contributed by atoms with van der Waals surface area (Å²) in [6.07, 6.45) is 3.47. The molecule has 2 heterocycles. The van der Waals surface area contributed by atoms with E-state index in [1.165, 1.54) is 6.07 Å². The van der Waals surface area contributed by atoms with Gasteiger partial charge in [-0.05, 0) is 52.0 Å². The van der Waals surface area contributed by atoms with Gasteiger partial charge in [-0.15, -0.1) is 0 Å². The van der Waals surface area contributed by atoms with Gasteiger partial charge in [-0.2, -0.15) is 4.98 Å². The highest BCUT2D eigenvalue weighted by Gasteiger charge is 2.14. The second kappa shape index (κ2) is 7.07. The third kappa shape index (κ3) is 4.33. The zero-order valence-corrected chi connectivity index (χ0v) is 15.3. The molecule has 5 nitrogen and oxygen atoms in total. The van der Waals surface area contributed by atoms with E-state index in [0.29, 0.717) is 23.0 Å². The molecule has 134 valence electrons. The molecule has 26 heavy (non-hydrogen) atoms. The van der Waals surface area contributed by atoms with E-state index in [2.05, 4.69) is 25.6 Å². The summed E-state index contributed by atoms with van der Waals surface area (Å²) in [6, 6.07) is 10.6. The number of nitrogens with one attached hydrogen (secondary N) is 2. The third-order valence-corrected chi connectivity index (χ3v) is 3.70. The van der Waals surface area contributed by atoms with Crippen molar-refractivity contribution in [3.05, 3.63) is 60.2 Å². The fraction of sp³-hybridized carbons (Fsp3) is 0.250. The lowest BCUT2D eigenvalue weighted by Crippen LogP contribution is -2.27. The van der Waals surface area contributed by atoms with Crippen LogP contribution in [0.5, 0.6) is 0 Å². The maximum Gasteiger partial charge on any atom is 0.225 e. The summed E-state index contributed by atoms with van der Waals surface area (Å²) in [6.45, 7) is 7.85. The predicted molar refractivity (Wildman–Crippen MR) is 103 cm³/mol. The van der Waals surface area contributed by atoms with E-state index in [9.17, 15) is 4.39 Å². The van der Waals surface area contributed by atoms with E-state index >= 15 is 0 Å². The Kier molecular flexibility index (Phi) is 4.84. The van der Waals surface area contributed by atoms with Gasteiger partial charge >= 0.3 is 0 Å². The van der Waals surface area contributed by atoms with Crippen LogP contribution in [0.3, 0.4) is 0 Å². The van der Waals surface area contributed by atoms with Crippen LogP contribution in [0.2, 0.25) is 0 Å². The number of rotatable bonds is 4. The van der Waals surface area contributed by atoms with Crippen LogP contribution in [0.15, 0.2) is 48.8 Å². The number of hydrogen-bond donors (Lipinski definition) is 2. The minimum atomic E-state index is -0.260. The van der Waals surface area contributed by atoms with Gasteiger partial charge in [0.15, 0.2) is 0 Å². The Morgan fingerprint density at radius 2 is 1.85 bits per heavy atom. The summed E-state index contributed by atoms with van der Waals surface area (Å²) in [5.74, 6) is 0.819. The standard InChI is InChI=1S/C20H22FN5/c1-13-15(21)8-5-9-16(13)23-18-11-17(14-7-6-10-22-12-14)24-19(25-18)26-20(2,3)4/h5-12H,1-4H3,(H2,23,24,25,26). The zero-order valence-electron chi connectivity index (χ0n) is 15.3. The van der Waals surface area contributed by atoms with Gasteiger partial charge in [0.25, 0.3) is 0 Å². The predicted octanol–water partition coefficient (Wildman–Crippen LogP) is 4.94. The van der Waals surface area contributed by atoms with Gasteiger partial charge in [-0.3, -0.25) is 4.98 Å². The fourth-order valence-electron chi connectivity index (χ4n) is 2.45. The Morgan fingerprint density at radius 3 is 2.54 bits per heavy atom. The van der Waals surface area contributed by atoms with Gasteiger partial charge in [0.05, 0.1) is 5.69 Å². The molecule has 0 aliphatic heterocycles. The third-order valence-electron chi connectivity index (χ3n) is 3.70. The van der Waals surface area contributed by atoms with Gasteiger partial charge in [-0.1, -0.05) is 6.07 Å². The Hall–Kier alpha value is -3.02. The number of benzene rings is 1.